The lowest BCUT2D eigenvalue weighted by Gasteiger charge is -2.17. The summed E-state index contributed by atoms with van der Waals surface area (Å²) in [6, 6.07) is 15.7. The number of thiazole rings is 1. The highest BCUT2D eigenvalue weighted by Gasteiger charge is 2.14. The Bertz CT molecular complexity index is 938. The van der Waals surface area contributed by atoms with Crippen LogP contribution >= 0.6 is 23.1 Å². The third kappa shape index (κ3) is 5.33. The first-order valence-corrected chi connectivity index (χ1v) is 11.1. The molecule has 7 heteroatoms. The van der Waals surface area contributed by atoms with Gasteiger partial charge in [-0.3, -0.25) is 9.59 Å². The summed E-state index contributed by atoms with van der Waals surface area (Å²) in [5.74, 6) is -0.224. The molecule has 1 heterocycles. The zero-order valence-electron chi connectivity index (χ0n) is 16.0. The van der Waals surface area contributed by atoms with Crippen LogP contribution in [0.25, 0.3) is 10.2 Å². The highest BCUT2D eigenvalue weighted by molar-refractivity contribution is 7.98. The molecule has 3 aromatic rings. The largest absolute Gasteiger partial charge is 0.336 e. The van der Waals surface area contributed by atoms with Gasteiger partial charge in [-0.25, -0.2) is 4.98 Å². The number of anilines is 1. The van der Waals surface area contributed by atoms with E-state index in [1.54, 1.807) is 30.1 Å². The highest BCUT2D eigenvalue weighted by Crippen LogP contribution is 2.25. The molecule has 0 fully saturated rings. The van der Waals surface area contributed by atoms with Gasteiger partial charge in [0, 0.05) is 18.4 Å². The van der Waals surface area contributed by atoms with Crippen LogP contribution in [0.15, 0.2) is 53.4 Å². The molecule has 2 aromatic carbocycles. The summed E-state index contributed by atoms with van der Waals surface area (Å²) < 4.78 is 1.17. The van der Waals surface area contributed by atoms with Crippen molar-refractivity contribution in [2.45, 2.75) is 24.2 Å². The van der Waals surface area contributed by atoms with E-state index >= 15 is 0 Å². The summed E-state index contributed by atoms with van der Waals surface area (Å²) in [6.07, 6.45) is 3.86. The molecule has 0 aliphatic heterocycles. The van der Waals surface area contributed by atoms with Crippen LogP contribution in [0.3, 0.4) is 0 Å². The van der Waals surface area contributed by atoms with Crippen molar-refractivity contribution in [3.63, 3.8) is 0 Å². The van der Waals surface area contributed by atoms with Gasteiger partial charge in [0.2, 0.25) is 11.8 Å². The van der Waals surface area contributed by atoms with Crippen LogP contribution in [0.1, 0.15) is 17.8 Å². The van der Waals surface area contributed by atoms with E-state index in [4.69, 9.17) is 0 Å². The lowest BCUT2D eigenvalue weighted by atomic mass is 10.2. The number of fused-ring (bicyclic) bond motifs is 1. The average Bonchev–Trinajstić information content (AvgIpc) is 3.11. The van der Waals surface area contributed by atoms with E-state index < -0.39 is 0 Å². The fourth-order valence-electron chi connectivity index (χ4n) is 2.85. The standard InChI is InChI=1S/C21H23N3O2S2/c1-24(14-19(25)22-15-8-3-5-10-17(15)27-2)21(26)13-7-12-20-23-16-9-4-6-11-18(16)28-20/h3-6,8-11H,7,12-14H2,1-2H3,(H,22,25). The van der Waals surface area contributed by atoms with E-state index in [1.165, 1.54) is 9.60 Å². The van der Waals surface area contributed by atoms with E-state index in [2.05, 4.69) is 16.4 Å². The Morgan fingerprint density at radius 1 is 1.14 bits per heavy atom. The second-order valence-electron chi connectivity index (χ2n) is 6.43. The van der Waals surface area contributed by atoms with Crippen LogP contribution in [-0.2, 0) is 16.0 Å². The van der Waals surface area contributed by atoms with Crippen molar-refractivity contribution in [3.8, 4) is 0 Å². The van der Waals surface area contributed by atoms with Crippen molar-refractivity contribution >= 4 is 50.8 Å². The first kappa shape index (κ1) is 20.4. The summed E-state index contributed by atoms with van der Waals surface area (Å²) in [6.45, 7) is 0.0443. The van der Waals surface area contributed by atoms with Crippen LogP contribution in [0.4, 0.5) is 5.69 Å². The highest BCUT2D eigenvalue weighted by atomic mass is 32.2. The summed E-state index contributed by atoms with van der Waals surface area (Å²) in [5, 5.41) is 3.93. The number of rotatable bonds is 8. The molecule has 1 aromatic heterocycles. The second-order valence-corrected chi connectivity index (χ2v) is 8.39. The summed E-state index contributed by atoms with van der Waals surface area (Å²) in [7, 11) is 1.67. The molecule has 0 aliphatic carbocycles. The van der Waals surface area contributed by atoms with Crippen molar-refractivity contribution in [2.75, 3.05) is 25.2 Å². The number of para-hydroxylation sites is 2. The van der Waals surface area contributed by atoms with E-state index in [9.17, 15) is 9.59 Å². The fourth-order valence-corrected chi connectivity index (χ4v) is 4.41. The molecule has 0 atom stereocenters. The molecule has 0 radical (unpaired) electrons. The van der Waals surface area contributed by atoms with Gasteiger partial charge in [-0.1, -0.05) is 24.3 Å². The van der Waals surface area contributed by atoms with Crippen LogP contribution < -0.4 is 5.32 Å². The van der Waals surface area contributed by atoms with Crippen molar-refractivity contribution in [1.82, 2.24) is 9.88 Å². The molecule has 3 rings (SSSR count). The zero-order chi connectivity index (χ0) is 19.9. The van der Waals surface area contributed by atoms with Gasteiger partial charge in [0.1, 0.15) is 0 Å². The smallest absolute Gasteiger partial charge is 0.244 e. The number of nitrogens with zero attached hydrogens (tertiary/aromatic N) is 2. The molecular weight excluding hydrogens is 390 g/mol. The van der Waals surface area contributed by atoms with Gasteiger partial charge in [-0.15, -0.1) is 23.1 Å². The molecule has 1 N–H and O–H groups in total. The number of hydrogen-bond acceptors (Lipinski definition) is 5. The van der Waals surface area contributed by atoms with Gasteiger partial charge < -0.3 is 10.2 Å². The third-order valence-electron chi connectivity index (χ3n) is 4.31. The number of carbonyl (C=O) groups is 2. The minimum atomic E-state index is -0.191. The molecule has 146 valence electrons. The molecule has 5 nitrogen and oxygen atoms in total. The van der Waals surface area contributed by atoms with Crippen LogP contribution in [0.5, 0.6) is 0 Å². The van der Waals surface area contributed by atoms with Crippen molar-refractivity contribution in [1.29, 1.82) is 0 Å². The monoisotopic (exact) mass is 413 g/mol. The number of nitrogens with one attached hydrogen (secondary N) is 1. The Balaban J connectivity index is 1.45. The van der Waals surface area contributed by atoms with Crippen LogP contribution in [0, 0.1) is 0 Å². The number of aryl methyl sites for hydroxylation is 1. The summed E-state index contributed by atoms with van der Waals surface area (Å²) in [4.78, 5) is 31.7. The van der Waals surface area contributed by atoms with E-state index in [0.717, 1.165) is 33.9 Å². The third-order valence-corrected chi connectivity index (χ3v) is 6.20. The number of carbonyl (C=O) groups excluding carboxylic acids is 2. The summed E-state index contributed by atoms with van der Waals surface area (Å²) >= 11 is 3.24. The number of thioether (sulfide) groups is 1. The molecule has 0 saturated carbocycles. The topological polar surface area (TPSA) is 62.3 Å². The molecular formula is C21H23N3O2S2. The van der Waals surface area contributed by atoms with Crippen LogP contribution in [-0.4, -0.2) is 41.5 Å². The van der Waals surface area contributed by atoms with Gasteiger partial charge in [0.05, 0.1) is 27.5 Å². The Labute approximate surface area is 173 Å². The Hall–Kier alpha value is -2.38. The predicted octanol–water partition coefficient (Wildman–Crippen LogP) is 4.44. The maximum atomic E-state index is 12.3. The number of amides is 2. The second kappa shape index (κ2) is 9.71. The lowest BCUT2D eigenvalue weighted by molar-refractivity contribution is -0.133. The Morgan fingerprint density at radius 2 is 1.89 bits per heavy atom. The normalized spacial score (nSPS) is 10.8. The number of hydrogen-bond donors (Lipinski definition) is 1. The maximum absolute atomic E-state index is 12.3. The molecule has 0 saturated heterocycles. The van der Waals surface area contributed by atoms with Gasteiger partial charge >= 0.3 is 0 Å². The molecule has 0 aliphatic rings. The average molecular weight is 414 g/mol. The first-order chi connectivity index (χ1) is 13.6. The van der Waals surface area contributed by atoms with E-state index in [1.807, 2.05) is 48.7 Å². The van der Waals surface area contributed by atoms with Crippen molar-refractivity contribution < 1.29 is 9.59 Å². The summed E-state index contributed by atoms with van der Waals surface area (Å²) in [5.41, 5.74) is 1.78. The molecule has 28 heavy (non-hydrogen) atoms. The SMILES string of the molecule is CSc1ccccc1NC(=O)CN(C)C(=O)CCCc1nc2ccccc2s1. The number of likely N-dealkylation sites (N-methyl/N-ethyl adjacent to an activating group) is 1. The van der Waals surface area contributed by atoms with Gasteiger partial charge in [0.25, 0.3) is 0 Å². The first-order valence-electron chi connectivity index (χ1n) is 9.08. The fraction of sp³-hybridized carbons (Fsp3) is 0.286. The molecule has 0 bridgehead atoms. The van der Waals surface area contributed by atoms with Crippen molar-refractivity contribution in [2.24, 2.45) is 0 Å². The minimum Gasteiger partial charge on any atom is -0.336 e. The van der Waals surface area contributed by atoms with Crippen LogP contribution in [0.2, 0.25) is 0 Å². The maximum Gasteiger partial charge on any atom is 0.244 e. The van der Waals surface area contributed by atoms with E-state index in [0.29, 0.717) is 6.42 Å². The van der Waals surface area contributed by atoms with Gasteiger partial charge in [-0.2, -0.15) is 0 Å². The zero-order valence-corrected chi connectivity index (χ0v) is 17.6. The van der Waals surface area contributed by atoms with E-state index in [-0.39, 0.29) is 18.4 Å². The Morgan fingerprint density at radius 3 is 2.68 bits per heavy atom. The quantitative estimate of drug-likeness (QED) is 0.555. The predicted molar refractivity (Wildman–Crippen MR) is 117 cm³/mol. The molecule has 0 unspecified atom stereocenters. The minimum absolute atomic E-state index is 0.0330. The molecule has 0 spiro atoms. The van der Waals surface area contributed by atoms with Gasteiger partial charge in [0.15, 0.2) is 0 Å². The Kier molecular flexibility index (Phi) is 7.06. The molecule has 2 amide bonds. The lowest BCUT2D eigenvalue weighted by Crippen LogP contribution is -2.34. The van der Waals surface area contributed by atoms with Crippen molar-refractivity contribution in [3.05, 3.63) is 53.5 Å². The van der Waals surface area contributed by atoms with Gasteiger partial charge in [-0.05, 0) is 43.4 Å². The number of benzene rings is 2. The number of aromatic nitrogens is 1.